The van der Waals surface area contributed by atoms with Crippen LogP contribution in [0.25, 0.3) is 0 Å². The molecule has 0 amide bonds. The standard InChI is InChI=1S/C18H26N4S2.HI/c1-19-18(21-13-16-4-2-10-23-16)20-12-15-6-8-22(9-7-15)14-17-5-3-11-24-17;/h2-5,10-11,15H,6-9,12-14H2,1H3,(H2,19,20,21);1H. The SMILES string of the molecule is CN=C(NCc1cccs1)NCC1CCN(Cc2cccs2)CC1.I. The van der Waals surface area contributed by atoms with E-state index in [4.69, 9.17) is 0 Å². The monoisotopic (exact) mass is 490 g/mol. The molecule has 2 N–H and O–H groups in total. The van der Waals surface area contributed by atoms with Gasteiger partial charge in [0.15, 0.2) is 5.96 Å². The van der Waals surface area contributed by atoms with Gasteiger partial charge in [-0.1, -0.05) is 12.1 Å². The summed E-state index contributed by atoms with van der Waals surface area (Å²) in [4.78, 5) is 9.71. The fourth-order valence-electron chi connectivity index (χ4n) is 3.02. The van der Waals surface area contributed by atoms with Crippen molar-refractivity contribution in [1.82, 2.24) is 15.5 Å². The predicted octanol–water partition coefficient (Wildman–Crippen LogP) is 4.00. The van der Waals surface area contributed by atoms with E-state index in [0.29, 0.717) is 0 Å². The fraction of sp³-hybridized carbons (Fsp3) is 0.500. The number of thiophene rings is 2. The summed E-state index contributed by atoms with van der Waals surface area (Å²) < 4.78 is 0. The molecule has 1 saturated heterocycles. The Morgan fingerprint density at radius 2 is 1.80 bits per heavy atom. The minimum Gasteiger partial charge on any atom is -0.356 e. The topological polar surface area (TPSA) is 39.7 Å². The van der Waals surface area contributed by atoms with E-state index >= 15 is 0 Å². The van der Waals surface area contributed by atoms with Gasteiger partial charge >= 0.3 is 0 Å². The molecule has 0 spiro atoms. The Hall–Kier alpha value is -0.640. The van der Waals surface area contributed by atoms with Crippen molar-refractivity contribution in [2.45, 2.75) is 25.9 Å². The first kappa shape index (κ1) is 20.7. The Labute approximate surface area is 175 Å². The molecule has 2 aromatic rings. The molecule has 3 heterocycles. The fourth-order valence-corrected chi connectivity index (χ4v) is 4.41. The maximum atomic E-state index is 4.33. The second kappa shape index (κ2) is 11.2. The van der Waals surface area contributed by atoms with Gasteiger partial charge in [0.1, 0.15) is 0 Å². The summed E-state index contributed by atoms with van der Waals surface area (Å²) >= 11 is 3.63. The van der Waals surface area contributed by atoms with Gasteiger partial charge < -0.3 is 10.6 Å². The highest BCUT2D eigenvalue weighted by Gasteiger charge is 2.19. The van der Waals surface area contributed by atoms with Crippen molar-refractivity contribution in [1.29, 1.82) is 0 Å². The van der Waals surface area contributed by atoms with Gasteiger partial charge in [0, 0.05) is 29.9 Å². The van der Waals surface area contributed by atoms with Crippen LogP contribution in [0.3, 0.4) is 0 Å². The summed E-state index contributed by atoms with van der Waals surface area (Å²) in [5.41, 5.74) is 0. The quantitative estimate of drug-likeness (QED) is 0.365. The normalized spacial score (nSPS) is 16.4. The lowest BCUT2D eigenvalue weighted by Crippen LogP contribution is -2.42. The zero-order valence-electron chi connectivity index (χ0n) is 14.6. The second-order valence-corrected chi connectivity index (χ2v) is 8.25. The van der Waals surface area contributed by atoms with Gasteiger partial charge in [-0.3, -0.25) is 9.89 Å². The average Bonchev–Trinajstić information content (AvgIpc) is 3.30. The van der Waals surface area contributed by atoms with Gasteiger partial charge in [-0.25, -0.2) is 0 Å². The highest BCUT2D eigenvalue weighted by Crippen LogP contribution is 2.20. The van der Waals surface area contributed by atoms with E-state index in [-0.39, 0.29) is 24.0 Å². The molecular weight excluding hydrogens is 463 g/mol. The number of likely N-dealkylation sites (tertiary alicyclic amines) is 1. The lowest BCUT2D eigenvalue weighted by Gasteiger charge is -2.32. The van der Waals surface area contributed by atoms with E-state index in [2.05, 4.69) is 55.6 Å². The molecule has 1 aliphatic heterocycles. The van der Waals surface area contributed by atoms with Crippen LogP contribution >= 0.6 is 46.7 Å². The third-order valence-corrected chi connectivity index (χ3v) is 6.20. The lowest BCUT2D eigenvalue weighted by atomic mass is 9.97. The van der Waals surface area contributed by atoms with Crippen LogP contribution in [-0.4, -0.2) is 37.5 Å². The van der Waals surface area contributed by atoms with Crippen molar-refractivity contribution < 1.29 is 0 Å². The van der Waals surface area contributed by atoms with Crippen molar-refractivity contribution in [3.63, 3.8) is 0 Å². The maximum Gasteiger partial charge on any atom is 0.191 e. The number of nitrogens with zero attached hydrogens (tertiary/aromatic N) is 2. The summed E-state index contributed by atoms with van der Waals surface area (Å²) in [5, 5.41) is 11.2. The number of nitrogens with one attached hydrogen (secondary N) is 2. The first-order chi connectivity index (χ1) is 11.8. The Morgan fingerprint density at radius 1 is 1.12 bits per heavy atom. The molecular formula is C18H27IN4S2. The third kappa shape index (κ3) is 6.88. The van der Waals surface area contributed by atoms with Gasteiger partial charge in [-0.05, 0) is 54.7 Å². The van der Waals surface area contributed by atoms with E-state index in [0.717, 1.165) is 31.5 Å². The molecule has 0 radical (unpaired) electrons. The molecule has 4 nitrogen and oxygen atoms in total. The van der Waals surface area contributed by atoms with E-state index in [1.165, 1.54) is 35.7 Å². The molecule has 0 aromatic carbocycles. The molecule has 0 bridgehead atoms. The van der Waals surface area contributed by atoms with Crippen LogP contribution in [0.1, 0.15) is 22.6 Å². The lowest BCUT2D eigenvalue weighted by molar-refractivity contribution is 0.179. The van der Waals surface area contributed by atoms with Crippen LogP contribution in [0, 0.1) is 5.92 Å². The molecule has 0 aliphatic carbocycles. The summed E-state index contributed by atoms with van der Waals surface area (Å²) in [7, 11) is 1.84. The van der Waals surface area contributed by atoms with E-state index < -0.39 is 0 Å². The van der Waals surface area contributed by atoms with Gasteiger partial charge in [-0.2, -0.15) is 0 Å². The van der Waals surface area contributed by atoms with Crippen LogP contribution in [0.4, 0.5) is 0 Å². The maximum absolute atomic E-state index is 4.33. The Bertz CT molecular complexity index is 605. The molecule has 0 atom stereocenters. The molecule has 3 rings (SSSR count). The van der Waals surface area contributed by atoms with Crippen LogP contribution in [0.5, 0.6) is 0 Å². The Morgan fingerprint density at radius 3 is 2.40 bits per heavy atom. The largest absolute Gasteiger partial charge is 0.356 e. The Kier molecular flexibility index (Phi) is 9.22. The molecule has 1 fully saturated rings. The van der Waals surface area contributed by atoms with Crippen molar-refractivity contribution in [2.75, 3.05) is 26.7 Å². The van der Waals surface area contributed by atoms with E-state index in [9.17, 15) is 0 Å². The zero-order chi connectivity index (χ0) is 16.6. The predicted molar refractivity (Wildman–Crippen MR) is 120 cm³/mol. The Balaban J connectivity index is 0.00000225. The van der Waals surface area contributed by atoms with Crippen molar-refractivity contribution >= 4 is 52.6 Å². The number of aliphatic imine (C=N–C) groups is 1. The molecule has 138 valence electrons. The first-order valence-corrected chi connectivity index (χ1v) is 10.3. The van der Waals surface area contributed by atoms with E-state index in [1.807, 2.05) is 18.4 Å². The van der Waals surface area contributed by atoms with Crippen LogP contribution in [-0.2, 0) is 13.1 Å². The summed E-state index contributed by atoms with van der Waals surface area (Å²) in [6, 6.07) is 8.61. The molecule has 25 heavy (non-hydrogen) atoms. The van der Waals surface area contributed by atoms with Gasteiger partial charge in [0.2, 0.25) is 0 Å². The number of hydrogen-bond donors (Lipinski definition) is 2. The van der Waals surface area contributed by atoms with E-state index in [1.54, 1.807) is 11.3 Å². The number of rotatable bonds is 6. The van der Waals surface area contributed by atoms with Crippen LogP contribution < -0.4 is 10.6 Å². The highest BCUT2D eigenvalue weighted by molar-refractivity contribution is 14.0. The summed E-state index contributed by atoms with van der Waals surface area (Å²) in [5.74, 6) is 1.65. The summed E-state index contributed by atoms with van der Waals surface area (Å²) in [6.07, 6.45) is 2.53. The molecule has 0 unspecified atom stereocenters. The van der Waals surface area contributed by atoms with Gasteiger partial charge in [0.25, 0.3) is 0 Å². The third-order valence-electron chi connectivity index (χ3n) is 4.46. The zero-order valence-corrected chi connectivity index (χ0v) is 18.6. The van der Waals surface area contributed by atoms with Crippen LogP contribution in [0.2, 0.25) is 0 Å². The molecule has 0 saturated carbocycles. The minimum atomic E-state index is 0. The number of piperidine rings is 1. The average molecular weight is 490 g/mol. The highest BCUT2D eigenvalue weighted by atomic mass is 127. The van der Waals surface area contributed by atoms with Crippen molar-refractivity contribution in [3.05, 3.63) is 44.8 Å². The first-order valence-electron chi connectivity index (χ1n) is 8.55. The van der Waals surface area contributed by atoms with Crippen LogP contribution in [0.15, 0.2) is 40.0 Å². The molecule has 1 aliphatic rings. The number of guanidine groups is 1. The molecule has 2 aromatic heterocycles. The second-order valence-electron chi connectivity index (χ2n) is 6.18. The van der Waals surface area contributed by atoms with Crippen molar-refractivity contribution in [3.8, 4) is 0 Å². The smallest absolute Gasteiger partial charge is 0.191 e. The summed E-state index contributed by atoms with van der Waals surface area (Å²) in [6.45, 7) is 5.37. The minimum absolute atomic E-state index is 0. The van der Waals surface area contributed by atoms with Gasteiger partial charge in [0.05, 0.1) is 6.54 Å². The van der Waals surface area contributed by atoms with Crippen molar-refractivity contribution in [2.24, 2.45) is 10.9 Å². The number of hydrogen-bond acceptors (Lipinski definition) is 4. The molecule has 7 heteroatoms. The number of halogens is 1. The van der Waals surface area contributed by atoms with Gasteiger partial charge in [-0.15, -0.1) is 46.7 Å².